The van der Waals surface area contributed by atoms with Crippen LogP contribution in [0.4, 0.5) is 0 Å². The highest BCUT2D eigenvalue weighted by atomic mass is 16.5. The van der Waals surface area contributed by atoms with E-state index in [1.165, 1.54) is 13.3 Å². The zero-order chi connectivity index (χ0) is 19.1. The van der Waals surface area contributed by atoms with Crippen molar-refractivity contribution in [3.63, 3.8) is 0 Å². The topological polar surface area (TPSA) is 77.5 Å². The third-order valence-corrected chi connectivity index (χ3v) is 3.90. The number of benzene rings is 1. The summed E-state index contributed by atoms with van der Waals surface area (Å²) in [6, 6.07) is 10.8. The molecule has 0 saturated heterocycles. The van der Waals surface area contributed by atoms with Crippen molar-refractivity contribution in [2.24, 2.45) is 0 Å². The van der Waals surface area contributed by atoms with Crippen molar-refractivity contribution < 1.29 is 19.1 Å². The third kappa shape index (κ3) is 5.05. The van der Waals surface area contributed by atoms with Crippen molar-refractivity contribution in [3.8, 4) is 5.75 Å². The number of amides is 1. The first-order valence-corrected chi connectivity index (χ1v) is 8.49. The molecule has 1 aromatic heterocycles. The standard InChI is InChI=1S/C20H24N2O4/c1-13(2)17-7-5-6-8-18(17)26-14(3)19(23)22-12-16-11-15(9-10-21-16)20(24)25-4/h5-11,13-14H,12H2,1-4H3,(H,22,23). The number of hydrogen-bond donors (Lipinski definition) is 1. The summed E-state index contributed by atoms with van der Waals surface area (Å²) in [4.78, 5) is 28.0. The summed E-state index contributed by atoms with van der Waals surface area (Å²) in [6.45, 7) is 6.05. The summed E-state index contributed by atoms with van der Waals surface area (Å²) in [5, 5.41) is 2.77. The minimum atomic E-state index is -0.654. The minimum absolute atomic E-state index is 0.198. The molecule has 0 fully saturated rings. The van der Waals surface area contributed by atoms with Gasteiger partial charge in [-0.3, -0.25) is 9.78 Å². The molecule has 2 aromatic rings. The molecule has 1 aromatic carbocycles. The van der Waals surface area contributed by atoms with Crippen LogP contribution < -0.4 is 10.1 Å². The second-order valence-electron chi connectivity index (χ2n) is 6.20. The summed E-state index contributed by atoms with van der Waals surface area (Å²) in [5.41, 5.74) is 2.01. The van der Waals surface area contributed by atoms with Crippen molar-refractivity contribution in [3.05, 3.63) is 59.4 Å². The van der Waals surface area contributed by atoms with E-state index in [0.29, 0.717) is 22.9 Å². The van der Waals surface area contributed by atoms with E-state index in [-0.39, 0.29) is 12.5 Å². The maximum atomic E-state index is 12.3. The molecule has 1 heterocycles. The van der Waals surface area contributed by atoms with Crippen LogP contribution in [0.5, 0.6) is 5.75 Å². The number of aromatic nitrogens is 1. The van der Waals surface area contributed by atoms with E-state index in [1.807, 2.05) is 24.3 Å². The Morgan fingerprint density at radius 2 is 1.88 bits per heavy atom. The van der Waals surface area contributed by atoms with Gasteiger partial charge in [-0.15, -0.1) is 0 Å². The molecule has 26 heavy (non-hydrogen) atoms. The summed E-state index contributed by atoms with van der Waals surface area (Å²) < 4.78 is 10.5. The second kappa shape index (κ2) is 8.99. The third-order valence-electron chi connectivity index (χ3n) is 3.90. The number of carbonyl (C=O) groups excluding carboxylic acids is 2. The van der Waals surface area contributed by atoms with Gasteiger partial charge in [0, 0.05) is 6.20 Å². The molecule has 0 bridgehead atoms. The molecule has 0 spiro atoms. The zero-order valence-electron chi connectivity index (χ0n) is 15.5. The molecule has 1 unspecified atom stereocenters. The second-order valence-corrected chi connectivity index (χ2v) is 6.20. The molecule has 0 radical (unpaired) electrons. The van der Waals surface area contributed by atoms with E-state index in [9.17, 15) is 9.59 Å². The number of nitrogens with one attached hydrogen (secondary N) is 1. The van der Waals surface area contributed by atoms with E-state index < -0.39 is 12.1 Å². The van der Waals surface area contributed by atoms with Gasteiger partial charge in [-0.25, -0.2) is 4.79 Å². The number of esters is 1. The SMILES string of the molecule is COC(=O)c1ccnc(CNC(=O)C(C)Oc2ccccc2C(C)C)c1. The molecule has 0 aliphatic heterocycles. The summed E-state index contributed by atoms with van der Waals surface area (Å²) in [5.74, 6) is 0.304. The van der Waals surface area contributed by atoms with E-state index in [1.54, 1.807) is 19.1 Å². The molecular weight excluding hydrogens is 332 g/mol. The van der Waals surface area contributed by atoms with Gasteiger partial charge >= 0.3 is 5.97 Å². The van der Waals surface area contributed by atoms with Crippen molar-refractivity contribution in [1.82, 2.24) is 10.3 Å². The van der Waals surface area contributed by atoms with Gasteiger partial charge in [0.15, 0.2) is 6.10 Å². The summed E-state index contributed by atoms with van der Waals surface area (Å²) >= 11 is 0. The largest absolute Gasteiger partial charge is 0.481 e. The summed E-state index contributed by atoms with van der Waals surface area (Å²) in [7, 11) is 1.32. The Morgan fingerprint density at radius 1 is 1.15 bits per heavy atom. The van der Waals surface area contributed by atoms with Gasteiger partial charge in [-0.2, -0.15) is 0 Å². The molecule has 2 rings (SSSR count). The van der Waals surface area contributed by atoms with Crippen molar-refractivity contribution in [2.75, 3.05) is 7.11 Å². The number of hydrogen-bond acceptors (Lipinski definition) is 5. The lowest BCUT2D eigenvalue weighted by Crippen LogP contribution is -2.36. The number of rotatable bonds is 7. The first-order valence-electron chi connectivity index (χ1n) is 8.49. The predicted molar refractivity (Wildman–Crippen MR) is 98.0 cm³/mol. The van der Waals surface area contributed by atoms with Gasteiger partial charge in [-0.1, -0.05) is 32.0 Å². The highest BCUT2D eigenvalue weighted by Gasteiger charge is 2.17. The van der Waals surface area contributed by atoms with Gasteiger partial charge in [0.2, 0.25) is 0 Å². The van der Waals surface area contributed by atoms with Gasteiger partial charge in [-0.05, 0) is 36.6 Å². The van der Waals surface area contributed by atoms with E-state index in [4.69, 9.17) is 4.74 Å². The van der Waals surface area contributed by atoms with Crippen LogP contribution >= 0.6 is 0 Å². The molecule has 0 aliphatic carbocycles. The Hall–Kier alpha value is -2.89. The molecular formula is C20H24N2O4. The van der Waals surface area contributed by atoms with Gasteiger partial charge in [0.25, 0.3) is 5.91 Å². The lowest BCUT2D eigenvalue weighted by molar-refractivity contribution is -0.127. The number of ether oxygens (including phenoxy) is 2. The fraction of sp³-hybridized carbons (Fsp3) is 0.350. The monoisotopic (exact) mass is 356 g/mol. The number of nitrogens with zero attached hydrogens (tertiary/aromatic N) is 1. The lowest BCUT2D eigenvalue weighted by atomic mass is 10.0. The number of methoxy groups -OCH3 is 1. The van der Waals surface area contributed by atoms with Crippen LogP contribution in [0.2, 0.25) is 0 Å². The smallest absolute Gasteiger partial charge is 0.337 e. The number of carbonyl (C=O) groups is 2. The van der Waals surface area contributed by atoms with Crippen LogP contribution in [0.15, 0.2) is 42.6 Å². The molecule has 138 valence electrons. The normalized spacial score (nSPS) is 11.7. The minimum Gasteiger partial charge on any atom is -0.481 e. The van der Waals surface area contributed by atoms with Crippen LogP contribution in [0.3, 0.4) is 0 Å². The Morgan fingerprint density at radius 3 is 2.58 bits per heavy atom. The maximum Gasteiger partial charge on any atom is 0.337 e. The first-order chi connectivity index (χ1) is 12.4. The molecule has 1 amide bonds. The average Bonchev–Trinajstić information content (AvgIpc) is 2.65. The lowest BCUT2D eigenvalue weighted by Gasteiger charge is -2.18. The average molecular weight is 356 g/mol. The predicted octanol–water partition coefficient (Wildman–Crippen LogP) is 3.08. The fourth-order valence-electron chi connectivity index (χ4n) is 2.45. The number of para-hydroxylation sites is 1. The van der Waals surface area contributed by atoms with Crippen LogP contribution in [0.1, 0.15) is 48.3 Å². The van der Waals surface area contributed by atoms with Crippen molar-refractivity contribution in [1.29, 1.82) is 0 Å². The molecule has 0 saturated carbocycles. The number of pyridine rings is 1. The molecule has 1 N–H and O–H groups in total. The molecule has 6 heteroatoms. The Balaban J connectivity index is 1.97. The van der Waals surface area contributed by atoms with Crippen LogP contribution in [0.25, 0.3) is 0 Å². The summed E-state index contributed by atoms with van der Waals surface area (Å²) in [6.07, 6.45) is 0.853. The van der Waals surface area contributed by atoms with Gasteiger partial charge < -0.3 is 14.8 Å². The quantitative estimate of drug-likeness (QED) is 0.772. The molecule has 1 atom stereocenters. The van der Waals surface area contributed by atoms with E-state index in [0.717, 1.165) is 5.56 Å². The zero-order valence-corrected chi connectivity index (χ0v) is 15.5. The Kier molecular flexibility index (Phi) is 6.72. The maximum absolute atomic E-state index is 12.3. The van der Waals surface area contributed by atoms with Gasteiger partial charge in [0.1, 0.15) is 5.75 Å². The van der Waals surface area contributed by atoms with Crippen LogP contribution in [-0.4, -0.2) is 30.1 Å². The van der Waals surface area contributed by atoms with Crippen LogP contribution in [-0.2, 0) is 16.1 Å². The van der Waals surface area contributed by atoms with E-state index in [2.05, 4.69) is 28.9 Å². The highest BCUT2D eigenvalue weighted by Crippen LogP contribution is 2.26. The Bertz CT molecular complexity index is 774. The van der Waals surface area contributed by atoms with E-state index >= 15 is 0 Å². The van der Waals surface area contributed by atoms with Crippen molar-refractivity contribution in [2.45, 2.75) is 39.3 Å². The molecule has 6 nitrogen and oxygen atoms in total. The van der Waals surface area contributed by atoms with Gasteiger partial charge in [0.05, 0.1) is 24.9 Å². The highest BCUT2D eigenvalue weighted by molar-refractivity contribution is 5.89. The Labute approximate surface area is 153 Å². The van der Waals surface area contributed by atoms with Crippen LogP contribution in [0, 0.1) is 0 Å². The fourth-order valence-corrected chi connectivity index (χ4v) is 2.45. The molecule has 0 aliphatic rings. The van der Waals surface area contributed by atoms with Crippen molar-refractivity contribution >= 4 is 11.9 Å². The first kappa shape index (κ1) is 19.4.